The van der Waals surface area contributed by atoms with Crippen molar-refractivity contribution in [2.45, 2.75) is 43.6 Å². The van der Waals surface area contributed by atoms with Crippen molar-refractivity contribution in [2.75, 3.05) is 19.5 Å². The molecule has 2 aromatic carbocycles. The van der Waals surface area contributed by atoms with Gasteiger partial charge in [-0.1, -0.05) is 48.5 Å². The summed E-state index contributed by atoms with van der Waals surface area (Å²) < 4.78 is 71.5. The van der Waals surface area contributed by atoms with Crippen LogP contribution in [0.1, 0.15) is 18.7 Å². The number of aromatic nitrogens is 2. The summed E-state index contributed by atoms with van der Waals surface area (Å²) in [5, 5.41) is 13.0. The van der Waals surface area contributed by atoms with E-state index in [1.165, 1.54) is 19.1 Å². The lowest BCUT2D eigenvalue weighted by Crippen LogP contribution is -2.51. The number of aliphatic hydroxyl groups excluding tert-OH is 1. The number of hydrogen-bond donors (Lipinski definition) is 3. The number of methoxy groups -OCH3 is 1. The molecular weight excluding hydrogens is 581 g/mol. The fraction of sp³-hybridized carbons (Fsp3) is 0.346. The van der Waals surface area contributed by atoms with Crippen LogP contribution in [0.2, 0.25) is 0 Å². The Labute approximate surface area is 238 Å². The second kappa shape index (κ2) is 12.7. The molecule has 226 valence electrons. The molecular formula is C26H29F2N4O9P. The predicted octanol–water partition coefficient (Wildman–Crippen LogP) is 2.62. The van der Waals surface area contributed by atoms with Gasteiger partial charge in [0.05, 0.1) is 0 Å². The second-order valence-electron chi connectivity index (χ2n) is 9.22. The number of nitrogens with zero attached hydrogens (tertiary/aromatic N) is 2. The van der Waals surface area contributed by atoms with Crippen molar-refractivity contribution in [2.24, 2.45) is 0 Å². The molecule has 1 unspecified atom stereocenters. The van der Waals surface area contributed by atoms with Gasteiger partial charge in [-0.2, -0.15) is 18.9 Å². The molecule has 13 nitrogen and oxygen atoms in total. The molecule has 1 aromatic heterocycles. The van der Waals surface area contributed by atoms with Crippen molar-refractivity contribution in [1.82, 2.24) is 14.6 Å². The Bertz CT molecular complexity index is 1480. The van der Waals surface area contributed by atoms with Crippen molar-refractivity contribution >= 4 is 19.5 Å². The maximum Gasteiger partial charge on any atom is 0.459 e. The highest BCUT2D eigenvalue weighted by atomic mass is 31.2. The van der Waals surface area contributed by atoms with Gasteiger partial charge < -0.3 is 29.6 Å². The van der Waals surface area contributed by atoms with Crippen LogP contribution in [0.25, 0.3) is 0 Å². The maximum absolute atomic E-state index is 15.3. The van der Waals surface area contributed by atoms with Crippen molar-refractivity contribution < 1.29 is 46.5 Å². The van der Waals surface area contributed by atoms with Crippen molar-refractivity contribution in [3.05, 3.63) is 89.0 Å². The summed E-state index contributed by atoms with van der Waals surface area (Å²) in [7, 11) is -3.66. The van der Waals surface area contributed by atoms with Crippen LogP contribution in [-0.2, 0) is 34.7 Å². The molecule has 5 atom stereocenters. The van der Waals surface area contributed by atoms with E-state index in [0.717, 1.165) is 19.4 Å². The lowest BCUT2D eigenvalue weighted by molar-refractivity contribution is -0.267. The summed E-state index contributed by atoms with van der Waals surface area (Å²) in [6, 6.07) is 16.3. The molecule has 0 amide bonds. The second-order valence-corrected chi connectivity index (χ2v) is 10.9. The molecule has 1 aliphatic heterocycles. The molecule has 0 radical (unpaired) electrons. The SMILES string of the molecule is CO[C@]1(COP(=O)(N[C@@H](C)C(=O)OCc2ccccc2)Oc2ccccc2)O[C@@H](n2ccc(N)nc2=O)C(F)(F)[C@@H]1O. The molecule has 1 aliphatic rings. The first-order chi connectivity index (χ1) is 19.9. The van der Waals surface area contributed by atoms with Gasteiger partial charge in [0.25, 0.3) is 0 Å². The van der Waals surface area contributed by atoms with Gasteiger partial charge in [-0.05, 0) is 30.7 Å². The van der Waals surface area contributed by atoms with Gasteiger partial charge in [0, 0.05) is 13.3 Å². The Hall–Kier alpha value is -3.72. The van der Waals surface area contributed by atoms with E-state index in [2.05, 4.69) is 10.1 Å². The van der Waals surface area contributed by atoms with Gasteiger partial charge in [-0.15, -0.1) is 0 Å². The number of carbonyl (C=O) groups excluding carboxylic acids is 1. The van der Waals surface area contributed by atoms with Crippen LogP contribution in [0.5, 0.6) is 5.75 Å². The zero-order valence-electron chi connectivity index (χ0n) is 22.5. The van der Waals surface area contributed by atoms with Gasteiger partial charge in [0.1, 0.15) is 30.8 Å². The lowest BCUT2D eigenvalue weighted by atomic mass is 10.1. The van der Waals surface area contributed by atoms with E-state index in [9.17, 15) is 19.3 Å². The molecule has 0 spiro atoms. The summed E-state index contributed by atoms with van der Waals surface area (Å²) in [6.45, 7) is 0.158. The average Bonchev–Trinajstić information content (AvgIpc) is 3.17. The summed E-state index contributed by atoms with van der Waals surface area (Å²) in [6.07, 6.45) is -4.20. The largest absolute Gasteiger partial charge is 0.460 e. The predicted molar refractivity (Wildman–Crippen MR) is 143 cm³/mol. The fourth-order valence-corrected chi connectivity index (χ4v) is 5.48. The monoisotopic (exact) mass is 610 g/mol. The first-order valence-corrected chi connectivity index (χ1v) is 14.0. The minimum atomic E-state index is -4.60. The molecule has 4 rings (SSSR count). The minimum absolute atomic E-state index is 0.0419. The molecule has 2 heterocycles. The molecule has 1 fully saturated rings. The summed E-state index contributed by atoms with van der Waals surface area (Å²) in [5.41, 5.74) is 4.97. The van der Waals surface area contributed by atoms with Crippen molar-refractivity contribution in [3.8, 4) is 5.75 Å². The molecule has 42 heavy (non-hydrogen) atoms. The lowest BCUT2D eigenvalue weighted by Gasteiger charge is -2.31. The van der Waals surface area contributed by atoms with E-state index < -0.39 is 56.1 Å². The smallest absolute Gasteiger partial charge is 0.459 e. The summed E-state index contributed by atoms with van der Waals surface area (Å²) in [4.78, 5) is 28.3. The standard InChI is InChI=1S/C26H29F2N4O9P/c1-17(21(33)38-15-18-9-5-3-6-10-18)31-42(36,41-19-11-7-4-8-12-19)39-16-25(37-2)22(34)26(27,28)23(40-25)32-14-13-20(29)30-24(32)35/h3-14,17,22-23,34H,15-16H2,1-2H3,(H,31,36)(H2,29,30,35)/t17-,22+,23+,25+,42?/m0/s1. The number of para-hydroxylation sites is 1. The maximum atomic E-state index is 15.3. The molecule has 0 bridgehead atoms. The number of aliphatic hydroxyl groups is 1. The fourth-order valence-electron chi connectivity index (χ4n) is 3.97. The zero-order chi connectivity index (χ0) is 30.5. The van der Waals surface area contributed by atoms with Gasteiger partial charge in [0.2, 0.25) is 12.0 Å². The third-order valence-corrected chi connectivity index (χ3v) is 7.83. The van der Waals surface area contributed by atoms with E-state index in [4.69, 9.17) is 29.0 Å². The number of nitrogens with one attached hydrogen (secondary N) is 1. The zero-order valence-corrected chi connectivity index (χ0v) is 23.4. The quantitative estimate of drug-likeness (QED) is 0.202. The van der Waals surface area contributed by atoms with Crippen LogP contribution in [-0.4, -0.2) is 58.2 Å². The number of hydrogen-bond acceptors (Lipinski definition) is 11. The minimum Gasteiger partial charge on any atom is -0.460 e. The Morgan fingerprint density at radius 3 is 2.45 bits per heavy atom. The molecule has 1 saturated heterocycles. The number of halogens is 2. The van der Waals surface area contributed by atoms with Gasteiger partial charge in [-0.25, -0.2) is 9.36 Å². The highest BCUT2D eigenvalue weighted by Gasteiger charge is 2.68. The average molecular weight is 611 g/mol. The van der Waals surface area contributed by atoms with Gasteiger partial charge in [0.15, 0.2) is 6.10 Å². The number of anilines is 1. The highest BCUT2D eigenvalue weighted by Crippen LogP contribution is 2.51. The summed E-state index contributed by atoms with van der Waals surface area (Å²) in [5.74, 6) is -7.77. The van der Waals surface area contributed by atoms with E-state index >= 15 is 8.78 Å². The number of nitrogens with two attached hydrogens (primary N) is 1. The number of benzene rings is 2. The molecule has 3 aromatic rings. The third-order valence-electron chi connectivity index (χ3n) is 6.20. The number of esters is 1. The van der Waals surface area contributed by atoms with Gasteiger partial charge in [-0.3, -0.25) is 13.9 Å². The van der Waals surface area contributed by atoms with E-state index in [0.29, 0.717) is 10.1 Å². The van der Waals surface area contributed by atoms with Crippen LogP contribution >= 0.6 is 7.75 Å². The Morgan fingerprint density at radius 2 is 1.83 bits per heavy atom. The molecule has 0 saturated carbocycles. The van der Waals surface area contributed by atoms with Crippen LogP contribution in [0.3, 0.4) is 0 Å². The Balaban J connectivity index is 1.55. The van der Waals surface area contributed by atoms with Crippen LogP contribution < -0.4 is 21.0 Å². The highest BCUT2D eigenvalue weighted by molar-refractivity contribution is 7.52. The Morgan fingerprint density at radius 1 is 1.19 bits per heavy atom. The number of carbonyl (C=O) groups is 1. The third kappa shape index (κ3) is 6.84. The number of nitrogen functional groups attached to an aromatic ring is 1. The Kier molecular flexibility index (Phi) is 9.40. The topological polar surface area (TPSA) is 173 Å². The summed E-state index contributed by atoms with van der Waals surface area (Å²) >= 11 is 0. The van der Waals surface area contributed by atoms with Crippen LogP contribution in [0.15, 0.2) is 77.7 Å². The van der Waals surface area contributed by atoms with E-state index in [1.54, 1.807) is 48.5 Å². The number of rotatable bonds is 12. The van der Waals surface area contributed by atoms with Gasteiger partial charge >= 0.3 is 25.3 Å². The van der Waals surface area contributed by atoms with Crippen molar-refractivity contribution in [3.63, 3.8) is 0 Å². The van der Waals surface area contributed by atoms with Crippen LogP contribution in [0.4, 0.5) is 14.6 Å². The number of alkyl halides is 2. The van der Waals surface area contributed by atoms with Crippen molar-refractivity contribution in [1.29, 1.82) is 0 Å². The first kappa shape index (κ1) is 31.2. The van der Waals surface area contributed by atoms with E-state index in [1.807, 2.05) is 0 Å². The molecule has 0 aliphatic carbocycles. The molecule has 4 N–H and O–H groups in total. The number of ether oxygens (including phenoxy) is 3. The van der Waals surface area contributed by atoms with Crippen LogP contribution in [0, 0.1) is 0 Å². The normalized spacial score (nSPS) is 23.5. The first-order valence-electron chi connectivity index (χ1n) is 12.5. The van der Waals surface area contributed by atoms with E-state index in [-0.39, 0.29) is 18.2 Å². The molecule has 16 heteroatoms.